The molecular formula is C26H32N4O2S. The average molecular weight is 465 g/mol. The molecule has 4 rings (SSSR count). The first kappa shape index (κ1) is 23.4. The summed E-state index contributed by atoms with van der Waals surface area (Å²) in [4.78, 5) is 23.6. The number of carbonyl (C=O) groups is 1. The van der Waals surface area contributed by atoms with Crippen LogP contribution in [0.15, 0.2) is 54.2 Å². The summed E-state index contributed by atoms with van der Waals surface area (Å²) in [5, 5.41) is 5.44. The Balaban J connectivity index is 1.20. The molecule has 0 spiro atoms. The zero-order valence-electron chi connectivity index (χ0n) is 19.2. The van der Waals surface area contributed by atoms with Crippen LogP contribution in [0, 0.1) is 5.92 Å². The quantitative estimate of drug-likeness (QED) is 0.414. The number of aromatic nitrogens is 2. The fraction of sp³-hybridized carbons (Fsp3) is 0.423. The molecule has 6 nitrogen and oxygen atoms in total. The van der Waals surface area contributed by atoms with Crippen LogP contribution < -0.4 is 10.1 Å². The molecule has 0 bridgehead atoms. The monoisotopic (exact) mass is 464 g/mol. The Morgan fingerprint density at radius 1 is 1.21 bits per heavy atom. The minimum Gasteiger partial charge on any atom is -0.494 e. The molecule has 7 heteroatoms. The van der Waals surface area contributed by atoms with Crippen molar-refractivity contribution < 1.29 is 9.53 Å². The number of hydrogen-bond acceptors (Lipinski definition) is 6. The number of anilines is 1. The predicted octanol–water partition coefficient (Wildman–Crippen LogP) is 5.28. The summed E-state index contributed by atoms with van der Waals surface area (Å²) >= 11 is 1.42. The van der Waals surface area contributed by atoms with Crippen LogP contribution in [-0.4, -0.2) is 47.0 Å². The minimum atomic E-state index is -0.0822. The van der Waals surface area contributed by atoms with Crippen LogP contribution in [0.5, 0.6) is 5.75 Å². The highest BCUT2D eigenvalue weighted by atomic mass is 32.1. The van der Waals surface area contributed by atoms with Gasteiger partial charge in [-0.15, -0.1) is 11.3 Å². The third-order valence-corrected chi connectivity index (χ3v) is 6.93. The van der Waals surface area contributed by atoms with E-state index in [1.165, 1.54) is 50.2 Å². The fourth-order valence-electron chi connectivity index (χ4n) is 4.23. The van der Waals surface area contributed by atoms with Gasteiger partial charge in [0.05, 0.1) is 18.7 Å². The number of benzene rings is 1. The zero-order valence-corrected chi connectivity index (χ0v) is 20.0. The van der Waals surface area contributed by atoms with Crippen molar-refractivity contribution in [3.63, 3.8) is 0 Å². The lowest BCUT2D eigenvalue weighted by Gasteiger charge is -2.30. The van der Waals surface area contributed by atoms with Gasteiger partial charge in [0.25, 0.3) is 0 Å². The second-order valence-corrected chi connectivity index (χ2v) is 9.37. The summed E-state index contributed by atoms with van der Waals surface area (Å²) in [5.41, 5.74) is 2.75. The number of carbonyl (C=O) groups excluding carboxylic acids is 1. The number of likely N-dealkylation sites (tertiary alicyclic amines) is 1. The third-order valence-electron chi connectivity index (χ3n) is 6.17. The smallest absolute Gasteiger partial charge is 0.230 e. The molecule has 1 amide bonds. The summed E-state index contributed by atoms with van der Waals surface area (Å²) in [6.45, 7) is 6.60. The minimum absolute atomic E-state index is 0.0822. The Hall–Kier alpha value is -2.77. The van der Waals surface area contributed by atoms with E-state index < -0.39 is 0 Å². The fourth-order valence-corrected chi connectivity index (χ4v) is 4.97. The molecule has 2 aromatic heterocycles. The number of hydrogen-bond donors (Lipinski definition) is 1. The molecule has 33 heavy (non-hydrogen) atoms. The second-order valence-electron chi connectivity index (χ2n) is 8.51. The van der Waals surface area contributed by atoms with Crippen molar-refractivity contribution in [2.45, 2.75) is 39.0 Å². The first-order chi connectivity index (χ1) is 16.2. The maximum atomic E-state index is 12.5. The molecule has 1 aliphatic rings. The summed E-state index contributed by atoms with van der Waals surface area (Å²) in [7, 11) is 0. The molecular weight excluding hydrogens is 432 g/mol. The highest BCUT2D eigenvalue weighted by molar-refractivity contribution is 7.14. The molecule has 0 aliphatic carbocycles. The highest BCUT2D eigenvalue weighted by Crippen LogP contribution is 2.25. The normalized spacial score (nSPS) is 14.8. The van der Waals surface area contributed by atoms with Gasteiger partial charge < -0.3 is 15.0 Å². The molecule has 0 unspecified atom stereocenters. The average Bonchev–Trinajstić information content (AvgIpc) is 3.31. The van der Waals surface area contributed by atoms with Crippen molar-refractivity contribution in [2.75, 3.05) is 31.6 Å². The Bertz CT molecular complexity index is 1020. The van der Waals surface area contributed by atoms with E-state index in [1.807, 2.05) is 41.8 Å². The number of pyridine rings is 1. The Kier molecular flexibility index (Phi) is 8.44. The van der Waals surface area contributed by atoms with E-state index in [2.05, 4.69) is 27.1 Å². The molecule has 3 heterocycles. The maximum absolute atomic E-state index is 12.5. The van der Waals surface area contributed by atoms with Gasteiger partial charge in [0.15, 0.2) is 5.13 Å². The molecule has 0 radical (unpaired) electrons. The Morgan fingerprint density at radius 3 is 2.82 bits per heavy atom. The number of rotatable bonds is 10. The van der Waals surface area contributed by atoms with Gasteiger partial charge in [-0.25, -0.2) is 4.98 Å². The van der Waals surface area contributed by atoms with Crippen LogP contribution in [0.2, 0.25) is 0 Å². The van der Waals surface area contributed by atoms with Crippen molar-refractivity contribution in [1.29, 1.82) is 0 Å². The topological polar surface area (TPSA) is 67.3 Å². The number of piperidine rings is 1. The molecule has 1 saturated heterocycles. The van der Waals surface area contributed by atoms with E-state index in [0.717, 1.165) is 41.5 Å². The van der Waals surface area contributed by atoms with Crippen molar-refractivity contribution >= 4 is 22.4 Å². The molecule has 1 aliphatic heterocycles. The number of thiazole rings is 1. The molecule has 1 aromatic carbocycles. The first-order valence-corrected chi connectivity index (χ1v) is 12.7. The van der Waals surface area contributed by atoms with Gasteiger partial charge in [-0.3, -0.25) is 9.78 Å². The number of nitrogens with zero attached hydrogens (tertiary/aromatic N) is 3. The van der Waals surface area contributed by atoms with E-state index in [0.29, 0.717) is 5.13 Å². The van der Waals surface area contributed by atoms with Crippen molar-refractivity contribution in [2.24, 2.45) is 5.92 Å². The van der Waals surface area contributed by atoms with Crippen molar-refractivity contribution in [3.8, 4) is 17.0 Å². The van der Waals surface area contributed by atoms with Crippen LogP contribution in [0.3, 0.4) is 0 Å². The zero-order chi connectivity index (χ0) is 22.9. The molecule has 0 saturated carbocycles. The van der Waals surface area contributed by atoms with Gasteiger partial charge >= 0.3 is 0 Å². The van der Waals surface area contributed by atoms with Crippen LogP contribution in [-0.2, 0) is 11.2 Å². The van der Waals surface area contributed by atoms with E-state index in [-0.39, 0.29) is 12.3 Å². The van der Waals surface area contributed by atoms with Gasteiger partial charge in [-0.2, -0.15) is 0 Å². The number of ether oxygens (including phenoxy) is 1. The lowest BCUT2D eigenvalue weighted by molar-refractivity contribution is -0.115. The number of nitrogens with one attached hydrogen (secondary N) is 1. The van der Waals surface area contributed by atoms with Crippen LogP contribution in [0.25, 0.3) is 11.3 Å². The third kappa shape index (κ3) is 7.11. The lowest BCUT2D eigenvalue weighted by Crippen LogP contribution is -2.33. The van der Waals surface area contributed by atoms with Crippen LogP contribution in [0.4, 0.5) is 5.13 Å². The van der Waals surface area contributed by atoms with Gasteiger partial charge in [0, 0.05) is 23.3 Å². The standard InChI is InChI=1S/C26H32N4O2S/c1-2-30-14-10-20(11-15-30)6-4-16-32-23-7-3-5-21(17-23)18-25(31)29-26-28-24(19-33-26)22-8-12-27-13-9-22/h3,5,7-9,12-13,17,19-20H,2,4,6,10-11,14-16,18H2,1H3,(H,28,29,31). The van der Waals surface area contributed by atoms with Gasteiger partial charge in [-0.05, 0) is 81.1 Å². The second kappa shape index (κ2) is 11.9. The SMILES string of the molecule is CCN1CCC(CCCOc2cccc(CC(=O)Nc3nc(-c4ccncc4)cs3)c2)CC1. The molecule has 174 valence electrons. The van der Waals surface area contributed by atoms with Gasteiger partial charge in [0.2, 0.25) is 5.91 Å². The van der Waals surface area contributed by atoms with Crippen LogP contribution in [0.1, 0.15) is 38.2 Å². The molecule has 3 aromatic rings. The maximum Gasteiger partial charge on any atom is 0.230 e. The van der Waals surface area contributed by atoms with E-state index in [4.69, 9.17) is 4.74 Å². The van der Waals surface area contributed by atoms with E-state index in [9.17, 15) is 4.79 Å². The summed E-state index contributed by atoms with van der Waals surface area (Å²) in [6.07, 6.45) is 8.68. The Labute approximate surface area is 200 Å². The largest absolute Gasteiger partial charge is 0.494 e. The summed E-state index contributed by atoms with van der Waals surface area (Å²) in [6, 6.07) is 11.6. The predicted molar refractivity (Wildman–Crippen MR) is 134 cm³/mol. The number of amides is 1. The van der Waals surface area contributed by atoms with Crippen molar-refractivity contribution in [3.05, 3.63) is 59.7 Å². The Morgan fingerprint density at radius 2 is 2.03 bits per heavy atom. The molecule has 0 atom stereocenters. The van der Waals surface area contributed by atoms with Crippen LogP contribution >= 0.6 is 11.3 Å². The first-order valence-electron chi connectivity index (χ1n) is 11.8. The molecule has 1 fully saturated rings. The summed E-state index contributed by atoms with van der Waals surface area (Å²) in [5.74, 6) is 1.58. The highest BCUT2D eigenvalue weighted by Gasteiger charge is 2.17. The van der Waals surface area contributed by atoms with Crippen molar-refractivity contribution in [1.82, 2.24) is 14.9 Å². The van der Waals surface area contributed by atoms with Gasteiger partial charge in [-0.1, -0.05) is 19.1 Å². The summed E-state index contributed by atoms with van der Waals surface area (Å²) < 4.78 is 5.97. The van der Waals surface area contributed by atoms with E-state index >= 15 is 0 Å². The van der Waals surface area contributed by atoms with E-state index in [1.54, 1.807) is 12.4 Å². The molecule has 1 N–H and O–H groups in total. The van der Waals surface area contributed by atoms with Gasteiger partial charge in [0.1, 0.15) is 5.75 Å². The lowest BCUT2D eigenvalue weighted by atomic mass is 9.92.